The first kappa shape index (κ1) is 12.8. The van der Waals surface area contributed by atoms with Gasteiger partial charge in [0.05, 0.1) is 6.04 Å². The molecule has 2 heterocycles. The van der Waals surface area contributed by atoms with Crippen molar-refractivity contribution in [3.8, 4) is 0 Å². The molecule has 2 unspecified atom stereocenters. The largest absolute Gasteiger partial charge is 0.354 e. The molecule has 2 aliphatic heterocycles. The number of rotatable bonds is 5. The summed E-state index contributed by atoms with van der Waals surface area (Å²) in [4.78, 5) is 14.3. The molecule has 2 fully saturated rings. The normalized spacial score (nSPS) is 27.2. The summed E-state index contributed by atoms with van der Waals surface area (Å²) < 4.78 is 0. The van der Waals surface area contributed by atoms with Crippen LogP contribution in [0.3, 0.4) is 0 Å². The summed E-state index contributed by atoms with van der Waals surface area (Å²) in [6, 6.07) is 0.0639. The van der Waals surface area contributed by atoms with Gasteiger partial charge in [0.15, 0.2) is 0 Å². The van der Waals surface area contributed by atoms with Gasteiger partial charge in [0.25, 0.3) is 0 Å². The molecule has 4 heteroatoms. The molecule has 2 aliphatic rings. The van der Waals surface area contributed by atoms with Crippen LogP contribution < -0.4 is 10.6 Å². The molecular formula is C13H25N3O. The van der Waals surface area contributed by atoms with Crippen LogP contribution in [0.1, 0.15) is 32.6 Å². The van der Waals surface area contributed by atoms with Crippen molar-refractivity contribution in [3.63, 3.8) is 0 Å². The minimum absolute atomic E-state index is 0.0639. The Morgan fingerprint density at radius 1 is 1.41 bits per heavy atom. The average Bonchev–Trinajstić information content (AvgIpc) is 2.97. The molecule has 17 heavy (non-hydrogen) atoms. The quantitative estimate of drug-likeness (QED) is 0.738. The number of hydrogen-bond acceptors (Lipinski definition) is 3. The van der Waals surface area contributed by atoms with E-state index in [4.69, 9.17) is 0 Å². The van der Waals surface area contributed by atoms with E-state index in [9.17, 15) is 4.79 Å². The van der Waals surface area contributed by atoms with Gasteiger partial charge in [-0.3, -0.25) is 4.79 Å². The van der Waals surface area contributed by atoms with Gasteiger partial charge >= 0.3 is 0 Å². The lowest BCUT2D eigenvalue weighted by atomic mass is 10.1. The summed E-state index contributed by atoms with van der Waals surface area (Å²) in [6.45, 7) is 7.62. The smallest absolute Gasteiger partial charge is 0.237 e. The van der Waals surface area contributed by atoms with E-state index < -0.39 is 0 Å². The van der Waals surface area contributed by atoms with Gasteiger partial charge in [-0.25, -0.2) is 0 Å². The molecule has 0 bridgehead atoms. The first-order chi connectivity index (χ1) is 8.25. The van der Waals surface area contributed by atoms with E-state index in [2.05, 4.69) is 22.5 Å². The molecule has 0 aromatic rings. The molecule has 0 aliphatic carbocycles. The molecule has 0 spiro atoms. The third-order valence-corrected chi connectivity index (χ3v) is 3.77. The third kappa shape index (κ3) is 3.96. The number of carbonyl (C=O) groups excluding carboxylic acids is 1. The van der Waals surface area contributed by atoms with E-state index in [0.29, 0.717) is 5.92 Å². The minimum Gasteiger partial charge on any atom is -0.354 e. The van der Waals surface area contributed by atoms with Crippen molar-refractivity contribution < 1.29 is 4.79 Å². The molecule has 0 saturated carbocycles. The van der Waals surface area contributed by atoms with Gasteiger partial charge in [-0.05, 0) is 51.2 Å². The van der Waals surface area contributed by atoms with Gasteiger partial charge in [-0.2, -0.15) is 0 Å². The molecule has 2 atom stereocenters. The first-order valence-electron chi connectivity index (χ1n) is 6.99. The minimum atomic E-state index is 0.0639. The van der Waals surface area contributed by atoms with Gasteiger partial charge in [0.1, 0.15) is 0 Å². The zero-order valence-electron chi connectivity index (χ0n) is 10.9. The molecule has 0 radical (unpaired) electrons. The number of carbonyl (C=O) groups is 1. The van der Waals surface area contributed by atoms with Crippen LogP contribution in [0.4, 0.5) is 0 Å². The number of hydrogen-bond donors (Lipinski definition) is 2. The predicted octanol–water partition coefficient (Wildman–Crippen LogP) is 0.587. The molecule has 0 aromatic carbocycles. The molecule has 2 saturated heterocycles. The molecule has 98 valence electrons. The Kier molecular flexibility index (Phi) is 4.80. The number of nitrogens with one attached hydrogen (secondary N) is 2. The van der Waals surface area contributed by atoms with Crippen molar-refractivity contribution in [2.75, 3.05) is 32.7 Å². The van der Waals surface area contributed by atoms with Gasteiger partial charge in [-0.1, -0.05) is 6.92 Å². The van der Waals surface area contributed by atoms with Crippen molar-refractivity contribution >= 4 is 5.91 Å². The highest BCUT2D eigenvalue weighted by Crippen LogP contribution is 2.10. The summed E-state index contributed by atoms with van der Waals surface area (Å²) in [7, 11) is 0. The lowest BCUT2D eigenvalue weighted by molar-refractivity contribution is -0.122. The Labute approximate surface area is 104 Å². The van der Waals surface area contributed by atoms with Crippen LogP contribution in [-0.4, -0.2) is 49.6 Å². The Bertz CT molecular complexity index is 245. The summed E-state index contributed by atoms with van der Waals surface area (Å²) in [5.74, 6) is 0.745. The molecule has 1 amide bonds. The fourth-order valence-corrected chi connectivity index (χ4v) is 2.78. The van der Waals surface area contributed by atoms with E-state index in [-0.39, 0.29) is 11.9 Å². The lowest BCUT2D eigenvalue weighted by Gasteiger charge is -2.21. The van der Waals surface area contributed by atoms with Crippen molar-refractivity contribution in [3.05, 3.63) is 0 Å². The molecule has 2 N–H and O–H groups in total. The van der Waals surface area contributed by atoms with Gasteiger partial charge in [-0.15, -0.1) is 0 Å². The fraction of sp³-hybridized carbons (Fsp3) is 0.923. The van der Waals surface area contributed by atoms with Gasteiger partial charge < -0.3 is 15.5 Å². The molecule has 0 aromatic heterocycles. The van der Waals surface area contributed by atoms with E-state index in [1.807, 2.05) is 0 Å². The van der Waals surface area contributed by atoms with E-state index in [1.54, 1.807) is 0 Å². The maximum atomic E-state index is 11.8. The monoisotopic (exact) mass is 239 g/mol. The number of amides is 1. The second-order valence-electron chi connectivity index (χ2n) is 5.51. The van der Waals surface area contributed by atoms with Gasteiger partial charge in [0, 0.05) is 13.1 Å². The van der Waals surface area contributed by atoms with Crippen LogP contribution >= 0.6 is 0 Å². The van der Waals surface area contributed by atoms with Crippen LogP contribution in [0.15, 0.2) is 0 Å². The highest BCUT2D eigenvalue weighted by atomic mass is 16.2. The van der Waals surface area contributed by atoms with E-state index >= 15 is 0 Å². The summed E-state index contributed by atoms with van der Waals surface area (Å²) in [5, 5.41) is 6.30. The van der Waals surface area contributed by atoms with Crippen LogP contribution in [0.5, 0.6) is 0 Å². The van der Waals surface area contributed by atoms with Gasteiger partial charge in [0.2, 0.25) is 5.91 Å². The van der Waals surface area contributed by atoms with Crippen molar-refractivity contribution in [2.24, 2.45) is 5.92 Å². The van der Waals surface area contributed by atoms with E-state index in [1.165, 1.54) is 25.9 Å². The highest BCUT2D eigenvalue weighted by Gasteiger charge is 2.22. The highest BCUT2D eigenvalue weighted by molar-refractivity contribution is 5.81. The molecule has 4 nitrogen and oxygen atoms in total. The molecule has 2 rings (SSSR count). The predicted molar refractivity (Wildman–Crippen MR) is 68.9 cm³/mol. The third-order valence-electron chi connectivity index (χ3n) is 3.77. The Balaban J connectivity index is 1.61. The summed E-state index contributed by atoms with van der Waals surface area (Å²) >= 11 is 0. The zero-order chi connectivity index (χ0) is 12.1. The van der Waals surface area contributed by atoms with Crippen LogP contribution in [-0.2, 0) is 4.79 Å². The number of nitrogens with zero attached hydrogens (tertiary/aromatic N) is 1. The summed E-state index contributed by atoms with van der Waals surface area (Å²) in [6.07, 6.45) is 4.80. The SMILES string of the molecule is CC(CNC(=O)C1CCCN1)CN1CCCC1. The van der Waals surface area contributed by atoms with Crippen LogP contribution in [0.2, 0.25) is 0 Å². The Morgan fingerprint density at radius 3 is 2.82 bits per heavy atom. The van der Waals surface area contributed by atoms with Crippen molar-refractivity contribution in [1.82, 2.24) is 15.5 Å². The number of likely N-dealkylation sites (tertiary alicyclic amines) is 1. The topological polar surface area (TPSA) is 44.4 Å². The zero-order valence-corrected chi connectivity index (χ0v) is 10.9. The van der Waals surface area contributed by atoms with Crippen molar-refractivity contribution in [1.29, 1.82) is 0 Å². The Hall–Kier alpha value is -0.610. The lowest BCUT2D eigenvalue weighted by Crippen LogP contribution is -2.43. The second-order valence-corrected chi connectivity index (χ2v) is 5.51. The standard InChI is InChI=1S/C13H25N3O/c1-11(10-16-7-2-3-8-16)9-15-13(17)12-5-4-6-14-12/h11-12,14H,2-10H2,1H3,(H,15,17). The van der Waals surface area contributed by atoms with E-state index in [0.717, 1.165) is 32.5 Å². The maximum absolute atomic E-state index is 11.8. The van der Waals surface area contributed by atoms with Crippen molar-refractivity contribution in [2.45, 2.75) is 38.6 Å². The maximum Gasteiger partial charge on any atom is 0.237 e. The molecular weight excluding hydrogens is 214 g/mol. The summed E-state index contributed by atoms with van der Waals surface area (Å²) in [5.41, 5.74) is 0. The first-order valence-corrected chi connectivity index (χ1v) is 6.99. The van der Waals surface area contributed by atoms with Crippen LogP contribution in [0.25, 0.3) is 0 Å². The Morgan fingerprint density at radius 2 is 2.18 bits per heavy atom. The van der Waals surface area contributed by atoms with Crippen LogP contribution in [0, 0.1) is 5.92 Å². The second kappa shape index (κ2) is 6.36. The average molecular weight is 239 g/mol. The fourth-order valence-electron chi connectivity index (χ4n) is 2.78.